The topological polar surface area (TPSA) is 17.0 Å². The molecule has 0 amide bonds. The summed E-state index contributed by atoms with van der Waals surface area (Å²) in [5.74, 6) is -0.390. The van der Waals surface area contributed by atoms with Gasteiger partial charge < -0.3 is 4.42 Å². The molecule has 2 nitrogen and oxygen atoms in total. The summed E-state index contributed by atoms with van der Waals surface area (Å²) < 4.78 is 47.2. The quantitative estimate of drug-likeness (QED) is 0.215. The van der Waals surface area contributed by atoms with Crippen LogP contribution in [-0.2, 0) is 7.05 Å². The van der Waals surface area contributed by atoms with Crippen LogP contribution in [0.2, 0.25) is 19.6 Å². The highest BCUT2D eigenvalue weighted by Crippen LogP contribution is 2.39. The van der Waals surface area contributed by atoms with E-state index in [1.54, 1.807) is 12.1 Å². The largest absolute Gasteiger partial charge is 0.455 e. The molecule has 0 aliphatic heterocycles. The van der Waals surface area contributed by atoms with Crippen LogP contribution in [-0.4, -0.2) is 8.07 Å². The van der Waals surface area contributed by atoms with Crippen molar-refractivity contribution in [1.82, 2.24) is 0 Å². The van der Waals surface area contributed by atoms with Crippen molar-refractivity contribution in [3.8, 4) is 11.3 Å². The van der Waals surface area contributed by atoms with Crippen molar-refractivity contribution in [3.05, 3.63) is 71.0 Å². The minimum Gasteiger partial charge on any atom is -0.455 e. The number of nitrogens with zero attached hydrogens (tertiary/aromatic N) is 1. The molecule has 0 spiro atoms. The number of hydrogen-bond donors (Lipinski definition) is 0. The maximum atomic E-state index is 14.0. The van der Waals surface area contributed by atoms with Crippen LogP contribution in [0.15, 0.2) is 52.9 Å². The molecule has 0 fully saturated rings. The van der Waals surface area contributed by atoms with E-state index < -0.39 is 20.7 Å². The maximum Gasteiger partial charge on any atom is 0.216 e. The Labute approximate surface area is 193 Å². The van der Waals surface area contributed by atoms with E-state index in [4.69, 9.17) is 8.53 Å². The average molecular weight is 446 g/mol. The van der Waals surface area contributed by atoms with E-state index in [0.717, 1.165) is 22.3 Å². The van der Waals surface area contributed by atoms with Crippen molar-refractivity contribution in [1.29, 1.82) is 0 Å². The second-order valence-corrected chi connectivity index (χ2v) is 14.9. The molecule has 0 saturated heterocycles. The highest BCUT2D eigenvalue weighted by atomic mass is 28.3. The predicted molar refractivity (Wildman–Crippen MR) is 135 cm³/mol. The minimum absolute atomic E-state index is 0.283. The Morgan fingerprint density at radius 2 is 1.69 bits per heavy atom. The van der Waals surface area contributed by atoms with Crippen LogP contribution in [0.25, 0.3) is 44.1 Å². The standard InChI is InChI=1S/C28H29FNOSi/c1-16-8-10-21-23(12-16)30(4)24(15-26(21)32(5,6)7)27-18(3)17(2)13-22-20-11-9-19(29)14-25(20)31-28(22)27/h8-15H,1-7H3/q+1/i2D3. The van der Waals surface area contributed by atoms with Crippen LogP contribution in [0.5, 0.6) is 0 Å². The lowest BCUT2D eigenvalue weighted by molar-refractivity contribution is -0.633. The molecular formula is C28H29FNOSi+. The maximum absolute atomic E-state index is 14.0. The summed E-state index contributed by atoms with van der Waals surface area (Å²) in [5.41, 5.74) is 5.82. The van der Waals surface area contributed by atoms with Gasteiger partial charge in [-0.1, -0.05) is 25.7 Å². The molecule has 0 radical (unpaired) electrons. The number of benzene rings is 3. The monoisotopic (exact) mass is 445 g/mol. The van der Waals surface area contributed by atoms with Crippen LogP contribution in [0.1, 0.15) is 20.8 Å². The third-order valence-corrected chi connectivity index (χ3v) is 8.53. The zero-order chi connectivity index (χ0) is 25.4. The van der Waals surface area contributed by atoms with Gasteiger partial charge in [0, 0.05) is 38.5 Å². The third kappa shape index (κ3) is 3.08. The summed E-state index contributed by atoms with van der Waals surface area (Å²) in [6.45, 7) is 8.57. The van der Waals surface area contributed by atoms with E-state index in [2.05, 4.69) is 55.4 Å². The Morgan fingerprint density at radius 1 is 0.938 bits per heavy atom. The number of halogens is 1. The molecule has 32 heavy (non-hydrogen) atoms. The molecule has 4 heteroatoms. The first-order valence-electron chi connectivity index (χ1n) is 12.4. The molecule has 0 aliphatic rings. The number of aromatic nitrogens is 1. The van der Waals surface area contributed by atoms with Gasteiger partial charge in [0.1, 0.15) is 24.0 Å². The van der Waals surface area contributed by atoms with Crippen LogP contribution in [0, 0.1) is 26.5 Å². The number of hydrogen-bond acceptors (Lipinski definition) is 1. The van der Waals surface area contributed by atoms with Crippen molar-refractivity contribution >= 4 is 46.1 Å². The Hall–Kier alpha value is -2.98. The first-order chi connectivity index (χ1) is 16.3. The van der Waals surface area contributed by atoms with Gasteiger partial charge in [0.15, 0.2) is 0 Å². The van der Waals surface area contributed by atoms with E-state index in [-0.39, 0.29) is 5.56 Å². The Morgan fingerprint density at radius 3 is 2.41 bits per heavy atom. The summed E-state index contributed by atoms with van der Waals surface area (Å²) >= 11 is 0. The summed E-state index contributed by atoms with van der Waals surface area (Å²) in [6, 6.07) is 14.8. The van der Waals surface area contributed by atoms with Crippen molar-refractivity contribution < 1.29 is 17.5 Å². The number of fused-ring (bicyclic) bond motifs is 4. The lowest BCUT2D eigenvalue weighted by Gasteiger charge is -2.20. The van der Waals surface area contributed by atoms with Crippen molar-refractivity contribution in [2.45, 2.75) is 40.3 Å². The van der Waals surface area contributed by atoms with Crippen LogP contribution >= 0.6 is 0 Å². The summed E-state index contributed by atoms with van der Waals surface area (Å²) in [4.78, 5) is 0. The smallest absolute Gasteiger partial charge is 0.216 e. The predicted octanol–water partition coefficient (Wildman–Crippen LogP) is 6.84. The molecular weight excluding hydrogens is 413 g/mol. The molecule has 0 bridgehead atoms. The number of aryl methyl sites for hydroxylation is 3. The fourth-order valence-electron chi connectivity index (χ4n) is 4.73. The number of pyridine rings is 1. The normalized spacial score (nSPS) is 14.2. The lowest BCUT2D eigenvalue weighted by Crippen LogP contribution is -2.43. The van der Waals surface area contributed by atoms with Gasteiger partial charge in [-0.3, -0.25) is 0 Å². The number of furan rings is 1. The van der Waals surface area contributed by atoms with Gasteiger partial charge in [0.2, 0.25) is 11.2 Å². The van der Waals surface area contributed by atoms with E-state index in [9.17, 15) is 4.39 Å². The van der Waals surface area contributed by atoms with Gasteiger partial charge in [-0.25, -0.2) is 4.39 Å². The van der Waals surface area contributed by atoms with E-state index >= 15 is 0 Å². The summed E-state index contributed by atoms with van der Waals surface area (Å²) in [5, 5.41) is 3.91. The lowest BCUT2D eigenvalue weighted by atomic mass is 9.95. The fraction of sp³-hybridized carbons (Fsp3) is 0.250. The van der Waals surface area contributed by atoms with Gasteiger partial charge in [-0.15, -0.1) is 0 Å². The van der Waals surface area contributed by atoms with E-state index in [0.29, 0.717) is 27.5 Å². The molecule has 5 aromatic rings. The molecule has 0 unspecified atom stereocenters. The first-order valence-corrected chi connectivity index (χ1v) is 14.4. The Balaban J connectivity index is 2.02. The van der Waals surface area contributed by atoms with Crippen LogP contribution in [0.4, 0.5) is 4.39 Å². The summed E-state index contributed by atoms with van der Waals surface area (Å²) in [7, 11) is 0.233. The van der Waals surface area contributed by atoms with Gasteiger partial charge in [0.25, 0.3) is 0 Å². The molecule has 0 N–H and O–H groups in total. The Kier molecular flexibility index (Phi) is 3.85. The van der Waals surface area contributed by atoms with Crippen molar-refractivity contribution in [3.63, 3.8) is 0 Å². The first kappa shape index (κ1) is 17.6. The second-order valence-electron chi connectivity index (χ2n) is 9.82. The highest BCUT2D eigenvalue weighted by molar-refractivity contribution is 6.90. The molecule has 2 aromatic heterocycles. The van der Waals surface area contributed by atoms with Gasteiger partial charge in [-0.05, 0) is 66.8 Å². The zero-order valence-corrected chi connectivity index (χ0v) is 20.4. The summed E-state index contributed by atoms with van der Waals surface area (Å²) in [6.07, 6.45) is 0. The van der Waals surface area contributed by atoms with E-state index in [1.807, 2.05) is 14.0 Å². The van der Waals surface area contributed by atoms with Gasteiger partial charge in [-0.2, -0.15) is 4.57 Å². The van der Waals surface area contributed by atoms with Gasteiger partial charge in [0.05, 0.1) is 13.6 Å². The molecule has 3 aromatic carbocycles. The van der Waals surface area contributed by atoms with Gasteiger partial charge >= 0.3 is 0 Å². The molecule has 0 saturated carbocycles. The molecule has 5 rings (SSSR count). The SMILES string of the molecule is [2H]C([2H])([2H])c1cc2c(oc3cc(F)ccc32)c(-c2cc([Si](C)(C)C)c3ccc(C)cc3[n+]2C)c1C. The minimum atomic E-state index is -2.30. The van der Waals surface area contributed by atoms with Crippen molar-refractivity contribution in [2.75, 3.05) is 0 Å². The molecule has 0 atom stereocenters. The molecule has 0 aliphatic carbocycles. The third-order valence-electron chi connectivity index (χ3n) is 6.50. The number of rotatable bonds is 2. The molecule has 162 valence electrons. The Bertz CT molecular complexity index is 1660. The second kappa shape index (κ2) is 7.01. The van der Waals surface area contributed by atoms with Crippen LogP contribution in [0.3, 0.4) is 0 Å². The van der Waals surface area contributed by atoms with Crippen LogP contribution < -0.4 is 9.75 Å². The van der Waals surface area contributed by atoms with Crippen molar-refractivity contribution in [2.24, 2.45) is 7.05 Å². The highest BCUT2D eigenvalue weighted by Gasteiger charge is 2.29. The fourth-order valence-corrected chi connectivity index (χ4v) is 6.32. The molecule has 2 heterocycles. The average Bonchev–Trinajstić information content (AvgIpc) is 3.10. The zero-order valence-electron chi connectivity index (χ0n) is 22.4. The van der Waals surface area contributed by atoms with E-state index in [1.165, 1.54) is 22.7 Å².